The zero-order valence-electron chi connectivity index (χ0n) is 12.0. The van der Waals surface area contributed by atoms with Crippen molar-refractivity contribution in [1.29, 1.82) is 0 Å². The number of rotatable bonds is 3. The zero-order chi connectivity index (χ0) is 14.8. The van der Waals surface area contributed by atoms with Gasteiger partial charge in [-0.05, 0) is 25.5 Å². The van der Waals surface area contributed by atoms with Crippen LogP contribution in [0.15, 0.2) is 42.6 Å². The molecule has 0 atom stereocenters. The van der Waals surface area contributed by atoms with Crippen molar-refractivity contribution in [3.05, 3.63) is 65.1 Å². The number of nitrogens with zero attached hydrogens (tertiary/aromatic N) is 3. The second-order valence-corrected chi connectivity index (χ2v) is 5.05. The van der Waals surface area contributed by atoms with Crippen LogP contribution >= 0.6 is 0 Å². The molecule has 5 heteroatoms. The van der Waals surface area contributed by atoms with E-state index in [1.54, 1.807) is 22.8 Å². The average Bonchev–Trinajstić information content (AvgIpc) is 2.95. The van der Waals surface area contributed by atoms with Crippen LogP contribution in [0.2, 0.25) is 0 Å². The minimum atomic E-state index is -0.178. The summed E-state index contributed by atoms with van der Waals surface area (Å²) < 4.78 is 1.71. The van der Waals surface area contributed by atoms with Gasteiger partial charge in [0, 0.05) is 18.3 Å². The average molecular weight is 280 g/mol. The largest absolute Gasteiger partial charge is 0.347 e. The van der Waals surface area contributed by atoms with E-state index in [1.165, 1.54) is 5.56 Å². The van der Waals surface area contributed by atoms with E-state index in [1.807, 2.05) is 38.1 Å². The first-order valence-electron chi connectivity index (χ1n) is 6.78. The molecule has 5 nitrogen and oxygen atoms in total. The molecule has 0 saturated carbocycles. The lowest BCUT2D eigenvalue weighted by atomic mass is 10.1. The van der Waals surface area contributed by atoms with E-state index in [-0.39, 0.29) is 5.91 Å². The third kappa shape index (κ3) is 2.76. The highest BCUT2D eigenvalue weighted by Crippen LogP contribution is 2.07. The van der Waals surface area contributed by atoms with Crippen LogP contribution < -0.4 is 5.32 Å². The molecule has 0 fully saturated rings. The summed E-state index contributed by atoms with van der Waals surface area (Å²) in [6, 6.07) is 11.6. The molecule has 1 aromatic carbocycles. The number of carbonyl (C=O) groups excluding carboxylic acids is 1. The number of fused-ring (bicyclic) bond motifs is 1. The van der Waals surface area contributed by atoms with Gasteiger partial charge in [0.05, 0.1) is 6.20 Å². The summed E-state index contributed by atoms with van der Waals surface area (Å²) in [5.74, 6) is -0.178. The molecule has 2 heterocycles. The lowest BCUT2D eigenvalue weighted by Gasteiger charge is -2.07. The van der Waals surface area contributed by atoms with E-state index in [0.29, 0.717) is 17.9 Å². The van der Waals surface area contributed by atoms with Crippen LogP contribution in [-0.4, -0.2) is 20.5 Å². The predicted molar refractivity (Wildman–Crippen MR) is 80.1 cm³/mol. The van der Waals surface area contributed by atoms with Gasteiger partial charge in [-0.25, -0.2) is 9.50 Å². The van der Waals surface area contributed by atoms with Crippen molar-refractivity contribution < 1.29 is 4.79 Å². The number of aromatic nitrogens is 3. The van der Waals surface area contributed by atoms with Crippen molar-refractivity contribution in [3.63, 3.8) is 0 Å². The molecule has 0 saturated heterocycles. The molecule has 0 bridgehead atoms. The molecule has 0 radical (unpaired) electrons. The van der Waals surface area contributed by atoms with Gasteiger partial charge in [-0.1, -0.05) is 29.8 Å². The Morgan fingerprint density at radius 1 is 1.19 bits per heavy atom. The number of hydrogen-bond acceptors (Lipinski definition) is 3. The van der Waals surface area contributed by atoms with Crippen LogP contribution in [-0.2, 0) is 6.54 Å². The van der Waals surface area contributed by atoms with Gasteiger partial charge >= 0.3 is 0 Å². The SMILES string of the molecule is Cc1ccc(CNC(=O)c2cc(C)n3nccc3n2)cc1. The number of hydrogen-bond donors (Lipinski definition) is 1. The molecular formula is C16H16N4O. The van der Waals surface area contributed by atoms with Crippen LogP contribution in [0.3, 0.4) is 0 Å². The highest BCUT2D eigenvalue weighted by molar-refractivity contribution is 5.92. The van der Waals surface area contributed by atoms with E-state index in [0.717, 1.165) is 11.3 Å². The number of carbonyl (C=O) groups is 1. The lowest BCUT2D eigenvalue weighted by molar-refractivity contribution is 0.0946. The molecule has 21 heavy (non-hydrogen) atoms. The van der Waals surface area contributed by atoms with Gasteiger partial charge in [-0.2, -0.15) is 5.10 Å². The maximum absolute atomic E-state index is 12.2. The van der Waals surface area contributed by atoms with Gasteiger partial charge in [0.25, 0.3) is 5.91 Å². The summed E-state index contributed by atoms with van der Waals surface area (Å²) in [5.41, 5.74) is 4.23. The van der Waals surface area contributed by atoms with Gasteiger partial charge < -0.3 is 5.32 Å². The van der Waals surface area contributed by atoms with Gasteiger partial charge in [-0.3, -0.25) is 4.79 Å². The first-order chi connectivity index (χ1) is 10.1. The zero-order valence-corrected chi connectivity index (χ0v) is 12.0. The van der Waals surface area contributed by atoms with E-state index in [4.69, 9.17) is 0 Å². The number of aryl methyl sites for hydroxylation is 2. The maximum Gasteiger partial charge on any atom is 0.270 e. The Morgan fingerprint density at radius 2 is 1.95 bits per heavy atom. The summed E-state index contributed by atoms with van der Waals surface area (Å²) in [4.78, 5) is 16.5. The molecule has 1 amide bonds. The molecule has 0 aliphatic carbocycles. The maximum atomic E-state index is 12.2. The minimum absolute atomic E-state index is 0.178. The van der Waals surface area contributed by atoms with Crippen LogP contribution in [0, 0.1) is 13.8 Å². The molecule has 1 N–H and O–H groups in total. The van der Waals surface area contributed by atoms with E-state index in [9.17, 15) is 4.79 Å². The Kier molecular flexibility index (Phi) is 3.39. The summed E-state index contributed by atoms with van der Waals surface area (Å²) >= 11 is 0. The Morgan fingerprint density at radius 3 is 2.71 bits per heavy atom. The Labute approximate surface area is 122 Å². The van der Waals surface area contributed by atoms with Crippen LogP contribution in [0.1, 0.15) is 27.3 Å². The standard InChI is InChI=1S/C16H16N4O/c1-11-3-5-13(6-4-11)10-17-16(21)14-9-12(2)20-15(19-14)7-8-18-20/h3-9H,10H2,1-2H3,(H,17,21). The Balaban J connectivity index is 1.76. The van der Waals surface area contributed by atoms with Gasteiger partial charge in [0.2, 0.25) is 0 Å². The van der Waals surface area contributed by atoms with Crippen LogP contribution in [0.25, 0.3) is 5.65 Å². The van der Waals surface area contributed by atoms with Gasteiger partial charge in [-0.15, -0.1) is 0 Å². The Hall–Kier alpha value is -2.69. The first kappa shape index (κ1) is 13.3. The fourth-order valence-corrected chi connectivity index (χ4v) is 2.16. The van der Waals surface area contributed by atoms with Crippen molar-refractivity contribution in [2.24, 2.45) is 0 Å². The third-order valence-electron chi connectivity index (χ3n) is 3.34. The molecule has 0 aliphatic rings. The monoisotopic (exact) mass is 280 g/mol. The predicted octanol–water partition coefficient (Wildman–Crippen LogP) is 2.28. The van der Waals surface area contributed by atoms with Crippen LogP contribution in [0.5, 0.6) is 0 Å². The van der Waals surface area contributed by atoms with Crippen molar-refractivity contribution in [2.45, 2.75) is 20.4 Å². The highest BCUT2D eigenvalue weighted by atomic mass is 16.1. The lowest BCUT2D eigenvalue weighted by Crippen LogP contribution is -2.24. The number of benzene rings is 1. The second kappa shape index (κ2) is 5.36. The normalized spacial score (nSPS) is 10.8. The van der Waals surface area contributed by atoms with Crippen LogP contribution in [0.4, 0.5) is 0 Å². The smallest absolute Gasteiger partial charge is 0.270 e. The summed E-state index contributed by atoms with van der Waals surface area (Å²) in [6.07, 6.45) is 1.67. The van der Waals surface area contributed by atoms with E-state index < -0.39 is 0 Å². The number of nitrogens with one attached hydrogen (secondary N) is 1. The molecular weight excluding hydrogens is 264 g/mol. The minimum Gasteiger partial charge on any atom is -0.347 e. The fourth-order valence-electron chi connectivity index (χ4n) is 2.16. The topological polar surface area (TPSA) is 59.3 Å². The molecule has 0 unspecified atom stereocenters. The summed E-state index contributed by atoms with van der Waals surface area (Å²) in [5, 5.41) is 7.03. The van der Waals surface area contributed by atoms with E-state index >= 15 is 0 Å². The number of amides is 1. The van der Waals surface area contributed by atoms with Crippen molar-refractivity contribution >= 4 is 11.6 Å². The first-order valence-corrected chi connectivity index (χ1v) is 6.78. The van der Waals surface area contributed by atoms with Gasteiger partial charge in [0.1, 0.15) is 5.69 Å². The highest BCUT2D eigenvalue weighted by Gasteiger charge is 2.10. The summed E-state index contributed by atoms with van der Waals surface area (Å²) in [7, 11) is 0. The van der Waals surface area contributed by atoms with Gasteiger partial charge in [0.15, 0.2) is 5.65 Å². The molecule has 3 aromatic rings. The quantitative estimate of drug-likeness (QED) is 0.800. The van der Waals surface area contributed by atoms with Crippen molar-refractivity contribution in [3.8, 4) is 0 Å². The fraction of sp³-hybridized carbons (Fsp3) is 0.188. The molecule has 2 aromatic heterocycles. The van der Waals surface area contributed by atoms with Crippen molar-refractivity contribution in [2.75, 3.05) is 0 Å². The molecule has 0 spiro atoms. The third-order valence-corrected chi connectivity index (χ3v) is 3.34. The Bertz CT molecular complexity index is 790. The molecule has 0 aliphatic heterocycles. The summed E-state index contributed by atoms with van der Waals surface area (Å²) in [6.45, 7) is 4.43. The second-order valence-electron chi connectivity index (χ2n) is 5.05. The van der Waals surface area contributed by atoms with E-state index in [2.05, 4.69) is 15.4 Å². The molecule has 106 valence electrons. The van der Waals surface area contributed by atoms with Crippen molar-refractivity contribution in [1.82, 2.24) is 19.9 Å². The molecule has 3 rings (SSSR count).